The van der Waals surface area contributed by atoms with Crippen LogP contribution in [-0.2, 0) is 9.53 Å². The number of nitrogens with one attached hydrogen (secondary N) is 1. The number of esters is 1. The molecule has 1 fully saturated rings. The summed E-state index contributed by atoms with van der Waals surface area (Å²) in [6.45, 7) is 2.75. The first-order valence-electron chi connectivity index (χ1n) is 5.37. The third kappa shape index (κ3) is 2.59. The highest BCUT2D eigenvalue weighted by molar-refractivity contribution is 5.69. The van der Waals surface area contributed by atoms with E-state index in [1.54, 1.807) is 0 Å². The molecule has 86 valence electrons. The molecular formula is C12H16N2O2. The van der Waals surface area contributed by atoms with E-state index in [-0.39, 0.29) is 12.1 Å². The average Bonchev–Trinajstić information content (AvgIpc) is 3.06. The molecule has 0 radical (unpaired) electrons. The van der Waals surface area contributed by atoms with Gasteiger partial charge in [0, 0.05) is 6.54 Å². The number of hydrogen-bond donors (Lipinski definition) is 1. The quantitative estimate of drug-likeness (QED) is 0.615. The minimum absolute atomic E-state index is 0.170. The fourth-order valence-electron chi connectivity index (χ4n) is 1.63. The van der Waals surface area contributed by atoms with Crippen molar-refractivity contribution >= 4 is 5.97 Å². The number of carbonyl (C=O) groups excluding carboxylic acids is 1. The molecule has 4 heteroatoms. The van der Waals surface area contributed by atoms with Crippen LogP contribution in [0.25, 0.3) is 0 Å². The third-order valence-electron chi connectivity index (χ3n) is 2.71. The summed E-state index contributed by atoms with van der Waals surface area (Å²) in [4.78, 5) is 11.0. The Labute approximate surface area is 95.2 Å². The standard InChI is InChI=1S/C12H16N2O2/c1-9-3-5-10(6-4-9)12-13-14(12)8-7-11(15)16-2/h3-6,12-13H,7-8H2,1-2H3. The second-order valence-electron chi connectivity index (χ2n) is 3.96. The van der Waals surface area contributed by atoms with E-state index in [0.717, 1.165) is 0 Å². The lowest BCUT2D eigenvalue weighted by molar-refractivity contribution is -0.140. The summed E-state index contributed by atoms with van der Waals surface area (Å²) in [7, 11) is 1.41. The Hall–Kier alpha value is -1.39. The average molecular weight is 220 g/mol. The molecule has 1 N–H and O–H groups in total. The zero-order chi connectivity index (χ0) is 11.5. The molecule has 1 aromatic carbocycles. The molecule has 2 atom stereocenters. The SMILES string of the molecule is COC(=O)CCN1NC1c1ccc(C)cc1. The molecule has 0 aliphatic carbocycles. The van der Waals surface area contributed by atoms with E-state index in [1.807, 2.05) is 5.01 Å². The summed E-state index contributed by atoms with van der Waals surface area (Å²) < 4.78 is 4.59. The monoisotopic (exact) mass is 220 g/mol. The third-order valence-corrected chi connectivity index (χ3v) is 2.71. The highest BCUT2D eigenvalue weighted by Crippen LogP contribution is 2.28. The van der Waals surface area contributed by atoms with Crippen molar-refractivity contribution in [1.82, 2.24) is 10.4 Å². The predicted molar refractivity (Wildman–Crippen MR) is 60.4 cm³/mol. The van der Waals surface area contributed by atoms with E-state index >= 15 is 0 Å². The van der Waals surface area contributed by atoms with Crippen LogP contribution in [0.4, 0.5) is 0 Å². The van der Waals surface area contributed by atoms with E-state index in [1.165, 1.54) is 18.2 Å². The number of ether oxygens (including phenoxy) is 1. The first-order valence-corrected chi connectivity index (χ1v) is 5.37. The van der Waals surface area contributed by atoms with E-state index in [4.69, 9.17) is 0 Å². The number of hydrogen-bond acceptors (Lipinski definition) is 4. The lowest BCUT2D eigenvalue weighted by Crippen LogP contribution is -2.10. The van der Waals surface area contributed by atoms with Crippen LogP contribution in [0, 0.1) is 6.92 Å². The first-order chi connectivity index (χ1) is 7.70. The van der Waals surface area contributed by atoms with Gasteiger partial charge in [-0.25, -0.2) is 10.4 Å². The highest BCUT2D eigenvalue weighted by atomic mass is 16.5. The van der Waals surface area contributed by atoms with Crippen LogP contribution >= 0.6 is 0 Å². The van der Waals surface area contributed by atoms with Gasteiger partial charge in [-0.1, -0.05) is 29.8 Å². The maximum Gasteiger partial charge on any atom is 0.306 e. The van der Waals surface area contributed by atoms with Gasteiger partial charge in [-0.05, 0) is 12.5 Å². The van der Waals surface area contributed by atoms with Crippen LogP contribution in [0.1, 0.15) is 23.7 Å². The van der Waals surface area contributed by atoms with E-state index < -0.39 is 0 Å². The zero-order valence-electron chi connectivity index (χ0n) is 9.56. The van der Waals surface area contributed by atoms with Crippen LogP contribution in [0.3, 0.4) is 0 Å². The summed E-state index contributed by atoms with van der Waals surface area (Å²) in [5.41, 5.74) is 5.70. The Kier molecular flexibility index (Phi) is 3.22. The summed E-state index contributed by atoms with van der Waals surface area (Å²) in [6, 6.07) is 8.39. The maximum atomic E-state index is 11.0. The Balaban J connectivity index is 1.82. The second kappa shape index (κ2) is 4.63. The number of hydrazine groups is 1. The predicted octanol–water partition coefficient (Wildman–Crippen LogP) is 1.38. The lowest BCUT2D eigenvalue weighted by atomic mass is 10.1. The molecule has 0 spiro atoms. The van der Waals surface area contributed by atoms with Crippen molar-refractivity contribution in [1.29, 1.82) is 0 Å². The molecule has 0 saturated carbocycles. The lowest BCUT2D eigenvalue weighted by Gasteiger charge is -2.01. The molecule has 0 aromatic heterocycles. The largest absolute Gasteiger partial charge is 0.469 e. The normalized spacial score (nSPS) is 22.9. The Bertz CT molecular complexity index is 375. The molecule has 1 aliphatic heterocycles. The minimum atomic E-state index is -0.170. The topological polar surface area (TPSA) is 51.2 Å². The van der Waals surface area contributed by atoms with Crippen molar-refractivity contribution in [3.63, 3.8) is 0 Å². The highest BCUT2D eigenvalue weighted by Gasteiger charge is 2.34. The number of carbonyl (C=O) groups is 1. The van der Waals surface area contributed by atoms with Crippen LogP contribution in [-0.4, -0.2) is 24.6 Å². The number of aryl methyl sites for hydroxylation is 1. The van der Waals surface area contributed by atoms with Gasteiger partial charge in [0.05, 0.1) is 13.5 Å². The van der Waals surface area contributed by atoms with E-state index in [9.17, 15) is 4.79 Å². The fourth-order valence-corrected chi connectivity index (χ4v) is 1.63. The van der Waals surface area contributed by atoms with Gasteiger partial charge in [0.25, 0.3) is 0 Å². The molecule has 0 amide bonds. The summed E-state index contributed by atoms with van der Waals surface area (Å²) in [5.74, 6) is -0.170. The molecule has 1 heterocycles. The van der Waals surface area contributed by atoms with Gasteiger partial charge >= 0.3 is 5.97 Å². The maximum absolute atomic E-state index is 11.0. The molecule has 4 nitrogen and oxygen atoms in total. The van der Waals surface area contributed by atoms with E-state index in [2.05, 4.69) is 41.4 Å². The molecule has 1 aliphatic rings. The van der Waals surface area contributed by atoms with E-state index in [0.29, 0.717) is 13.0 Å². The van der Waals surface area contributed by atoms with Crippen LogP contribution in [0.15, 0.2) is 24.3 Å². The number of rotatable bonds is 4. The van der Waals surface area contributed by atoms with Crippen molar-refractivity contribution in [3.05, 3.63) is 35.4 Å². The van der Waals surface area contributed by atoms with Gasteiger partial charge in [0.15, 0.2) is 0 Å². The van der Waals surface area contributed by atoms with Crippen molar-refractivity contribution in [3.8, 4) is 0 Å². The first kappa shape index (κ1) is 11.1. The summed E-state index contributed by atoms with van der Waals surface area (Å²) in [5, 5.41) is 2.03. The molecular weight excluding hydrogens is 204 g/mol. The Morgan fingerprint density at radius 2 is 2.12 bits per heavy atom. The number of nitrogens with zero attached hydrogens (tertiary/aromatic N) is 1. The van der Waals surface area contributed by atoms with Crippen molar-refractivity contribution in [2.75, 3.05) is 13.7 Å². The smallest absolute Gasteiger partial charge is 0.306 e. The van der Waals surface area contributed by atoms with Gasteiger partial charge in [-0.2, -0.15) is 0 Å². The van der Waals surface area contributed by atoms with Gasteiger partial charge in [0.2, 0.25) is 0 Å². The summed E-state index contributed by atoms with van der Waals surface area (Å²) in [6.07, 6.45) is 0.677. The molecule has 2 rings (SSSR count). The molecule has 1 aromatic rings. The molecule has 0 bridgehead atoms. The number of benzene rings is 1. The van der Waals surface area contributed by atoms with Crippen LogP contribution < -0.4 is 5.43 Å². The van der Waals surface area contributed by atoms with Crippen molar-refractivity contribution < 1.29 is 9.53 Å². The van der Waals surface area contributed by atoms with Gasteiger partial charge in [-0.3, -0.25) is 4.79 Å². The molecule has 1 saturated heterocycles. The Morgan fingerprint density at radius 3 is 2.75 bits per heavy atom. The van der Waals surface area contributed by atoms with Crippen LogP contribution in [0.5, 0.6) is 0 Å². The molecule has 16 heavy (non-hydrogen) atoms. The zero-order valence-corrected chi connectivity index (χ0v) is 9.56. The van der Waals surface area contributed by atoms with Crippen molar-refractivity contribution in [2.45, 2.75) is 19.5 Å². The van der Waals surface area contributed by atoms with Gasteiger partial charge in [0.1, 0.15) is 6.17 Å². The minimum Gasteiger partial charge on any atom is -0.469 e. The fraction of sp³-hybridized carbons (Fsp3) is 0.417. The number of methoxy groups -OCH3 is 1. The van der Waals surface area contributed by atoms with Gasteiger partial charge in [-0.15, -0.1) is 0 Å². The molecule has 2 unspecified atom stereocenters. The Morgan fingerprint density at radius 1 is 1.44 bits per heavy atom. The van der Waals surface area contributed by atoms with Gasteiger partial charge < -0.3 is 4.74 Å². The summed E-state index contributed by atoms with van der Waals surface area (Å²) >= 11 is 0. The van der Waals surface area contributed by atoms with Crippen molar-refractivity contribution in [2.24, 2.45) is 0 Å². The second-order valence-corrected chi connectivity index (χ2v) is 3.96. The van der Waals surface area contributed by atoms with Crippen LogP contribution in [0.2, 0.25) is 0 Å².